The van der Waals surface area contributed by atoms with Crippen LogP contribution in [0.5, 0.6) is 5.75 Å². The van der Waals surface area contributed by atoms with Crippen molar-refractivity contribution in [2.75, 3.05) is 11.8 Å². The number of hydrogen-bond donors (Lipinski definition) is 1. The zero-order valence-corrected chi connectivity index (χ0v) is 15.0. The predicted molar refractivity (Wildman–Crippen MR) is 95.6 cm³/mol. The second-order valence-electron chi connectivity index (χ2n) is 5.59. The first kappa shape index (κ1) is 18.7. The molecule has 2 aromatic rings. The standard InChI is InChI=1S/C17H20N2O5S/c1-4-12(2)14-7-5-6-8-15(14)18-25(22,23)13-9-10-17(24-3)16(11-13)19(20)21/h5-12,18H,4H2,1-3H3/t12-/m1/s1. The van der Waals surface area contributed by atoms with Crippen molar-refractivity contribution in [3.05, 3.63) is 58.1 Å². The van der Waals surface area contributed by atoms with Crippen molar-refractivity contribution in [2.24, 2.45) is 0 Å². The van der Waals surface area contributed by atoms with Gasteiger partial charge in [0.1, 0.15) is 0 Å². The lowest BCUT2D eigenvalue weighted by molar-refractivity contribution is -0.386. The molecular formula is C17H20N2O5S. The Morgan fingerprint density at radius 3 is 2.52 bits per heavy atom. The molecule has 0 spiro atoms. The van der Waals surface area contributed by atoms with Gasteiger partial charge in [0.2, 0.25) is 0 Å². The molecule has 2 rings (SSSR count). The molecule has 0 aliphatic rings. The smallest absolute Gasteiger partial charge is 0.312 e. The number of sulfonamides is 1. The van der Waals surface area contributed by atoms with Gasteiger partial charge in [-0.25, -0.2) is 8.42 Å². The quantitative estimate of drug-likeness (QED) is 0.593. The van der Waals surface area contributed by atoms with Crippen molar-refractivity contribution >= 4 is 21.4 Å². The number of anilines is 1. The number of hydrogen-bond acceptors (Lipinski definition) is 5. The van der Waals surface area contributed by atoms with Gasteiger partial charge in [-0.15, -0.1) is 0 Å². The molecule has 0 unspecified atom stereocenters. The molecule has 0 aliphatic heterocycles. The molecule has 2 aromatic carbocycles. The van der Waals surface area contributed by atoms with E-state index in [1.807, 2.05) is 26.0 Å². The van der Waals surface area contributed by atoms with E-state index in [9.17, 15) is 18.5 Å². The van der Waals surface area contributed by atoms with Crippen molar-refractivity contribution < 1.29 is 18.1 Å². The van der Waals surface area contributed by atoms with Crippen LogP contribution in [0, 0.1) is 10.1 Å². The van der Waals surface area contributed by atoms with Crippen LogP contribution in [0.15, 0.2) is 47.4 Å². The molecule has 0 heterocycles. The fourth-order valence-corrected chi connectivity index (χ4v) is 3.53. The molecule has 7 nitrogen and oxygen atoms in total. The molecule has 0 radical (unpaired) electrons. The Bertz CT molecular complexity index is 880. The van der Waals surface area contributed by atoms with Crippen LogP contribution in [0.3, 0.4) is 0 Å². The average molecular weight is 364 g/mol. The second-order valence-corrected chi connectivity index (χ2v) is 7.28. The maximum atomic E-state index is 12.7. The Balaban J connectivity index is 2.44. The molecular weight excluding hydrogens is 344 g/mol. The van der Waals surface area contributed by atoms with Gasteiger partial charge in [0.25, 0.3) is 10.0 Å². The number of nitrogens with zero attached hydrogens (tertiary/aromatic N) is 1. The number of nitro groups is 1. The van der Waals surface area contributed by atoms with Crippen molar-refractivity contribution in [3.8, 4) is 5.75 Å². The van der Waals surface area contributed by atoms with E-state index in [1.54, 1.807) is 12.1 Å². The molecule has 1 N–H and O–H groups in total. The maximum Gasteiger partial charge on any atom is 0.312 e. The van der Waals surface area contributed by atoms with Gasteiger partial charge < -0.3 is 4.74 Å². The molecule has 8 heteroatoms. The summed E-state index contributed by atoms with van der Waals surface area (Å²) in [7, 11) is -2.68. The number of ether oxygens (including phenoxy) is 1. The van der Waals surface area contributed by atoms with Crippen LogP contribution < -0.4 is 9.46 Å². The summed E-state index contributed by atoms with van der Waals surface area (Å²) in [6.45, 7) is 4.02. The third-order valence-electron chi connectivity index (χ3n) is 4.01. The molecule has 0 saturated heterocycles. The fraction of sp³-hybridized carbons (Fsp3) is 0.294. The number of para-hydroxylation sites is 1. The minimum absolute atomic E-state index is 0.00366. The first-order valence-electron chi connectivity index (χ1n) is 7.74. The first-order chi connectivity index (χ1) is 11.8. The molecule has 0 amide bonds. The number of rotatable bonds is 7. The second kappa shape index (κ2) is 7.52. The van der Waals surface area contributed by atoms with E-state index in [4.69, 9.17) is 4.74 Å². The number of nitrogens with one attached hydrogen (secondary N) is 1. The molecule has 0 bridgehead atoms. The van der Waals surface area contributed by atoms with Crippen LogP contribution in [0.1, 0.15) is 31.7 Å². The summed E-state index contributed by atoms with van der Waals surface area (Å²) in [5.74, 6) is 0.174. The van der Waals surface area contributed by atoms with Crippen LogP contribution >= 0.6 is 0 Å². The highest BCUT2D eigenvalue weighted by molar-refractivity contribution is 7.92. The fourth-order valence-electron chi connectivity index (χ4n) is 2.42. The van der Waals surface area contributed by atoms with Crippen LogP contribution in [-0.2, 0) is 10.0 Å². The Morgan fingerprint density at radius 2 is 1.92 bits per heavy atom. The Hall–Kier alpha value is -2.61. The normalized spacial score (nSPS) is 12.4. The third-order valence-corrected chi connectivity index (χ3v) is 5.37. The molecule has 0 fully saturated rings. The Labute approximate surface area is 146 Å². The topological polar surface area (TPSA) is 98.5 Å². The van der Waals surface area contributed by atoms with Gasteiger partial charge in [-0.3, -0.25) is 14.8 Å². The third kappa shape index (κ3) is 4.08. The highest BCUT2D eigenvalue weighted by Crippen LogP contribution is 2.32. The van der Waals surface area contributed by atoms with Crippen molar-refractivity contribution in [1.82, 2.24) is 0 Å². The van der Waals surface area contributed by atoms with E-state index >= 15 is 0 Å². The summed E-state index contributed by atoms with van der Waals surface area (Å²) in [6, 6.07) is 10.7. The molecule has 0 saturated carbocycles. The largest absolute Gasteiger partial charge is 0.490 e. The lowest BCUT2D eigenvalue weighted by Crippen LogP contribution is -2.15. The van der Waals surface area contributed by atoms with E-state index in [-0.39, 0.29) is 16.6 Å². The van der Waals surface area contributed by atoms with E-state index in [2.05, 4.69) is 4.72 Å². The van der Waals surface area contributed by atoms with Gasteiger partial charge in [-0.1, -0.05) is 32.0 Å². The zero-order chi connectivity index (χ0) is 18.6. The van der Waals surface area contributed by atoms with Gasteiger partial charge in [0.15, 0.2) is 5.75 Å². The van der Waals surface area contributed by atoms with Crippen LogP contribution in [0.2, 0.25) is 0 Å². The summed E-state index contributed by atoms with van der Waals surface area (Å²) < 4.78 is 32.8. The Morgan fingerprint density at radius 1 is 1.24 bits per heavy atom. The SMILES string of the molecule is CC[C@@H](C)c1ccccc1NS(=O)(=O)c1ccc(OC)c([N+](=O)[O-])c1. The predicted octanol–water partition coefficient (Wildman–Crippen LogP) is 3.92. The molecule has 0 aliphatic carbocycles. The Kier molecular flexibility index (Phi) is 5.63. The first-order valence-corrected chi connectivity index (χ1v) is 9.22. The van der Waals surface area contributed by atoms with Crippen molar-refractivity contribution in [1.29, 1.82) is 0 Å². The molecule has 25 heavy (non-hydrogen) atoms. The summed E-state index contributed by atoms with van der Waals surface area (Å²) >= 11 is 0. The lowest BCUT2D eigenvalue weighted by atomic mass is 9.97. The monoisotopic (exact) mass is 364 g/mol. The number of methoxy groups -OCH3 is 1. The minimum atomic E-state index is -3.97. The minimum Gasteiger partial charge on any atom is -0.490 e. The highest BCUT2D eigenvalue weighted by atomic mass is 32.2. The van der Waals surface area contributed by atoms with Gasteiger partial charge in [0.05, 0.1) is 22.6 Å². The summed E-state index contributed by atoms with van der Waals surface area (Å²) in [5, 5.41) is 11.1. The van der Waals surface area contributed by atoms with E-state index in [0.29, 0.717) is 5.69 Å². The van der Waals surface area contributed by atoms with E-state index in [0.717, 1.165) is 18.1 Å². The van der Waals surface area contributed by atoms with Crippen molar-refractivity contribution in [3.63, 3.8) is 0 Å². The van der Waals surface area contributed by atoms with Crippen molar-refractivity contribution in [2.45, 2.75) is 31.1 Å². The molecule has 134 valence electrons. The van der Waals surface area contributed by atoms with Crippen LogP contribution in [0.4, 0.5) is 11.4 Å². The number of nitro benzene ring substituents is 1. The lowest BCUT2D eigenvalue weighted by Gasteiger charge is -2.16. The van der Waals surface area contributed by atoms with Crippen LogP contribution in [-0.4, -0.2) is 20.5 Å². The van der Waals surface area contributed by atoms with Gasteiger partial charge in [-0.2, -0.15) is 0 Å². The van der Waals surface area contributed by atoms with Gasteiger partial charge in [-0.05, 0) is 36.1 Å². The zero-order valence-electron chi connectivity index (χ0n) is 14.2. The molecule has 1 atom stereocenters. The van der Waals surface area contributed by atoms with Gasteiger partial charge >= 0.3 is 5.69 Å². The number of benzene rings is 2. The summed E-state index contributed by atoms with van der Waals surface area (Å²) in [5.41, 5.74) is 0.937. The van der Waals surface area contributed by atoms with E-state index in [1.165, 1.54) is 19.2 Å². The highest BCUT2D eigenvalue weighted by Gasteiger charge is 2.23. The molecule has 0 aromatic heterocycles. The maximum absolute atomic E-state index is 12.7. The summed E-state index contributed by atoms with van der Waals surface area (Å²) in [6.07, 6.45) is 0.854. The van der Waals surface area contributed by atoms with Crippen LogP contribution in [0.25, 0.3) is 0 Å². The van der Waals surface area contributed by atoms with E-state index < -0.39 is 20.6 Å². The summed E-state index contributed by atoms with van der Waals surface area (Å²) in [4.78, 5) is 10.2. The average Bonchev–Trinajstić information content (AvgIpc) is 2.60. The van der Waals surface area contributed by atoms with Gasteiger partial charge in [0, 0.05) is 6.07 Å².